The Morgan fingerprint density at radius 3 is 2.93 bits per heavy atom. The summed E-state index contributed by atoms with van der Waals surface area (Å²) in [6.07, 6.45) is 6.46. The molecule has 0 saturated heterocycles. The van der Waals surface area contributed by atoms with E-state index < -0.39 is 0 Å². The number of nitrogen functional groups attached to an aromatic ring is 1. The molecule has 0 fully saturated rings. The Morgan fingerprint density at radius 2 is 2.29 bits per heavy atom. The lowest BCUT2D eigenvalue weighted by Crippen LogP contribution is -1.99. The van der Waals surface area contributed by atoms with Crippen molar-refractivity contribution >= 4 is 11.5 Å². The zero-order valence-corrected chi connectivity index (χ0v) is 7.99. The number of carbonyl (C=O) groups is 1. The fourth-order valence-electron chi connectivity index (χ4n) is 1.23. The van der Waals surface area contributed by atoms with Crippen LogP contribution in [0.3, 0.4) is 0 Å². The molecule has 2 nitrogen and oxygen atoms in total. The van der Waals surface area contributed by atoms with Crippen molar-refractivity contribution in [2.75, 3.05) is 5.73 Å². The lowest BCUT2D eigenvalue weighted by atomic mass is 10.1. The van der Waals surface area contributed by atoms with Gasteiger partial charge in [0, 0.05) is 12.1 Å². The summed E-state index contributed by atoms with van der Waals surface area (Å²) in [4.78, 5) is 11.1. The van der Waals surface area contributed by atoms with E-state index in [1.165, 1.54) is 0 Å². The quantitative estimate of drug-likeness (QED) is 0.577. The van der Waals surface area contributed by atoms with Crippen molar-refractivity contribution in [3.8, 4) is 12.3 Å². The molecule has 0 aromatic heterocycles. The van der Waals surface area contributed by atoms with Crippen LogP contribution < -0.4 is 5.73 Å². The molecule has 1 rings (SSSR count). The first kappa shape index (κ1) is 10.3. The maximum absolute atomic E-state index is 11.1. The highest BCUT2D eigenvalue weighted by Gasteiger charge is 2.00. The van der Waals surface area contributed by atoms with Gasteiger partial charge in [0.25, 0.3) is 0 Å². The van der Waals surface area contributed by atoms with E-state index in [0.717, 1.165) is 11.3 Å². The van der Waals surface area contributed by atoms with Gasteiger partial charge in [0.05, 0.1) is 6.42 Å². The predicted octanol–water partition coefficient (Wildman–Crippen LogP) is 1.79. The number of hydrogen-bond donors (Lipinski definition) is 1. The second-order valence-electron chi connectivity index (χ2n) is 3.16. The molecule has 0 heterocycles. The minimum absolute atomic E-state index is 0.106. The van der Waals surface area contributed by atoms with Crippen LogP contribution >= 0.6 is 0 Å². The van der Waals surface area contributed by atoms with Gasteiger partial charge >= 0.3 is 0 Å². The molecule has 0 aliphatic rings. The van der Waals surface area contributed by atoms with E-state index in [-0.39, 0.29) is 12.2 Å². The Bertz CT molecular complexity index is 363. The SMILES string of the molecule is C#CCC(=O)CCc1cccc(N)c1. The molecule has 0 saturated carbocycles. The van der Waals surface area contributed by atoms with E-state index in [0.29, 0.717) is 12.8 Å². The normalized spacial score (nSPS) is 9.36. The van der Waals surface area contributed by atoms with Crippen molar-refractivity contribution in [3.63, 3.8) is 0 Å². The number of nitrogens with two attached hydrogens (primary N) is 1. The molecule has 1 aromatic rings. The Morgan fingerprint density at radius 1 is 1.50 bits per heavy atom. The molecule has 14 heavy (non-hydrogen) atoms. The molecule has 2 heteroatoms. The van der Waals surface area contributed by atoms with Gasteiger partial charge in [-0.2, -0.15) is 0 Å². The fraction of sp³-hybridized carbons (Fsp3) is 0.250. The lowest BCUT2D eigenvalue weighted by Gasteiger charge is -2.00. The molecular weight excluding hydrogens is 174 g/mol. The highest BCUT2D eigenvalue weighted by molar-refractivity contribution is 5.80. The third-order valence-electron chi connectivity index (χ3n) is 1.94. The van der Waals surface area contributed by atoms with Crippen LogP contribution in [-0.4, -0.2) is 5.78 Å². The maximum atomic E-state index is 11.1. The van der Waals surface area contributed by atoms with Crippen LogP contribution in [0.4, 0.5) is 5.69 Å². The van der Waals surface area contributed by atoms with Crippen molar-refractivity contribution < 1.29 is 4.79 Å². The molecule has 0 unspecified atom stereocenters. The maximum Gasteiger partial charge on any atom is 0.145 e. The first-order chi connectivity index (χ1) is 6.72. The molecule has 0 aliphatic heterocycles. The summed E-state index contributed by atoms with van der Waals surface area (Å²) in [5, 5.41) is 0. The van der Waals surface area contributed by atoms with E-state index >= 15 is 0 Å². The average Bonchev–Trinajstić information content (AvgIpc) is 2.15. The summed E-state index contributed by atoms with van der Waals surface area (Å²) in [5.74, 6) is 2.45. The summed E-state index contributed by atoms with van der Waals surface area (Å²) in [6, 6.07) is 7.55. The van der Waals surface area contributed by atoms with E-state index in [1.54, 1.807) is 0 Å². The average molecular weight is 187 g/mol. The summed E-state index contributed by atoms with van der Waals surface area (Å²) in [6.45, 7) is 0. The zero-order valence-electron chi connectivity index (χ0n) is 7.99. The van der Waals surface area contributed by atoms with Crippen LogP contribution in [0.2, 0.25) is 0 Å². The number of hydrogen-bond acceptors (Lipinski definition) is 2. The molecular formula is C12H13NO. The van der Waals surface area contributed by atoms with Crippen molar-refractivity contribution in [1.29, 1.82) is 0 Å². The summed E-state index contributed by atoms with van der Waals surface area (Å²) in [5.41, 5.74) is 7.41. The summed E-state index contributed by atoms with van der Waals surface area (Å²) >= 11 is 0. The van der Waals surface area contributed by atoms with Gasteiger partial charge in [0.15, 0.2) is 0 Å². The first-order valence-electron chi connectivity index (χ1n) is 4.52. The van der Waals surface area contributed by atoms with Crippen molar-refractivity contribution in [2.24, 2.45) is 0 Å². The van der Waals surface area contributed by atoms with Crippen molar-refractivity contribution in [3.05, 3.63) is 29.8 Å². The Hall–Kier alpha value is -1.75. The number of rotatable bonds is 4. The fourth-order valence-corrected chi connectivity index (χ4v) is 1.23. The minimum atomic E-state index is 0.106. The van der Waals surface area contributed by atoms with Gasteiger partial charge in [0.2, 0.25) is 0 Å². The third-order valence-corrected chi connectivity index (χ3v) is 1.94. The standard InChI is InChI=1S/C12H13NO/c1-2-4-12(14)8-7-10-5-3-6-11(13)9-10/h1,3,5-6,9H,4,7-8,13H2. The molecule has 0 aliphatic carbocycles. The van der Waals surface area contributed by atoms with Crippen LogP contribution in [0, 0.1) is 12.3 Å². The van der Waals surface area contributed by atoms with Crippen molar-refractivity contribution in [2.45, 2.75) is 19.3 Å². The lowest BCUT2D eigenvalue weighted by molar-refractivity contribution is -0.118. The minimum Gasteiger partial charge on any atom is -0.399 e. The third kappa shape index (κ3) is 3.32. The number of carbonyl (C=O) groups excluding carboxylic acids is 1. The molecule has 72 valence electrons. The predicted molar refractivity (Wildman–Crippen MR) is 57.6 cm³/mol. The number of ketones is 1. The highest BCUT2D eigenvalue weighted by Crippen LogP contribution is 2.09. The van der Waals surface area contributed by atoms with Crippen LogP contribution in [0.15, 0.2) is 24.3 Å². The second-order valence-corrected chi connectivity index (χ2v) is 3.16. The van der Waals surface area contributed by atoms with E-state index in [1.807, 2.05) is 24.3 Å². The molecule has 0 bridgehead atoms. The van der Waals surface area contributed by atoms with E-state index in [9.17, 15) is 4.79 Å². The van der Waals surface area contributed by atoms with Crippen LogP contribution in [0.1, 0.15) is 18.4 Å². The molecule has 1 aromatic carbocycles. The largest absolute Gasteiger partial charge is 0.399 e. The topological polar surface area (TPSA) is 43.1 Å². The van der Waals surface area contributed by atoms with Gasteiger partial charge in [-0.05, 0) is 24.1 Å². The molecule has 0 spiro atoms. The molecule has 0 radical (unpaired) electrons. The van der Waals surface area contributed by atoms with Gasteiger partial charge in [-0.3, -0.25) is 4.79 Å². The first-order valence-corrected chi connectivity index (χ1v) is 4.52. The zero-order chi connectivity index (χ0) is 10.4. The number of benzene rings is 1. The monoisotopic (exact) mass is 187 g/mol. The van der Waals surface area contributed by atoms with Crippen LogP contribution in [0.25, 0.3) is 0 Å². The molecule has 0 amide bonds. The highest BCUT2D eigenvalue weighted by atomic mass is 16.1. The Labute approximate surface area is 84.1 Å². The Balaban J connectivity index is 2.46. The summed E-state index contributed by atoms with van der Waals surface area (Å²) in [7, 11) is 0. The van der Waals surface area contributed by atoms with E-state index in [2.05, 4.69) is 5.92 Å². The number of Topliss-reactive ketones (excluding diaryl/α,β-unsaturated/α-hetero) is 1. The summed E-state index contributed by atoms with van der Waals surface area (Å²) < 4.78 is 0. The molecule has 0 atom stereocenters. The Kier molecular flexibility index (Phi) is 3.75. The number of terminal acetylenes is 1. The van der Waals surface area contributed by atoms with Gasteiger partial charge in [-0.1, -0.05) is 18.1 Å². The van der Waals surface area contributed by atoms with Crippen LogP contribution in [-0.2, 0) is 11.2 Å². The van der Waals surface area contributed by atoms with Gasteiger partial charge in [0.1, 0.15) is 5.78 Å². The number of aryl methyl sites for hydroxylation is 1. The molecule has 2 N–H and O–H groups in total. The van der Waals surface area contributed by atoms with Gasteiger partial charge < -0.3 is 5.73 Å². The number of anilines is 1. The van der Waals surface area contributed by atoms with Crippen LogP contribution in [0.5, 0.6) is 0 Å². The van der Waals surface area contributed by atoms with Crippen molar-refractivity contribution in [1.82, 2.24) is 0 Å². The van der Waals surface area contributed by atoms with Gasteiger partial charge in [-0.15, -0.1) is 6.42 Å². The van der Waals surface area contributed by atoms with E-state index in [4.69, 9.17) is 12.2 Å². The van der Waals surface area contributed by atoms with Gasteiger partial charge in [-0.25, -0.2) is 0 Å². The second kappa shape index (κ2) is 5.08. The smallest absolute Gasteiger partial charge is 0.145 e.